The summed E-state index contributed by atoms with van der Waals surface area (Å²) in [5.74, 6) is 0. The molecule has 0 saturated heterocycles. The zero-order valence-electron chi connectivity index (χ0n) is 15.1. The highest BCUT2D eigenvalue weighted by Gasteiger charge is 2.31. The third kappa shape index (κ3) is 3.05. The highest BCUT2D eigenvalue weighted by atomic mass is 16.2. The van der Waals surface area contributed by atoms with Crippen LogP contribution in [0.4, 0.5) is 10.5 Å². The second-order valence-corrected chi connectivity index (χ2v) is 6.78. The highest BCUT2D eigenvalue weighted by molar-refractivity contribution is 5.89. The molecule has 1 atom stereocenters. The van der Waals surface area contributed by atoms with E-state index >= 15 is 0 Å². The first-order valence-electron chi connectivity index (χ1n) is 8.82. The van der Waals surface area contributed by atoms with E-state index in [4.69, 9.17) is 0 Å². The van der Waals surface area contributed by atoms with Gasteiger partial charge < -0.3 is 14.8 Å². The molecular formula is C20H27N3O. The number of nitrogens with one attached hydrogen (secondary N) is 1. The first-order chi connectivity index (χ1) is 11.5. The van der Waals surface area contributed by atoms with Crippen LogP contribution < -0.4 is 5.32 Å². The predicted molar refractivity (Wildman–Crippen MR) is 98.5 cm³/mol. The Morgan fingerprint density at radius 3 is 2.62 bits per heavy atom. The Kier molecular flexibility index (Phi) is 4.65. The van der Waals surface area contributed by atoms with Gasteiger partial charge in [-0.05, 0) is 62.6 Å². The quantitative estimate of drug-likeness (QED) is 0.864. The summed E-state index contributed by atoms with van der Waals surface area (Å²) in [4.78, 5) is 14.9. The van der Waals surface area contributed by atoms with E-state index in [1.165, 1.54) is 22.5 Å². The third-order valence-corrected chi connectivity index (χ3v) is 5.10. The van der Waals surface area contributed by atoms with Gasteiger partial charge >= 0.3 is 6.03 Å². The molecule has 4 nitrogen and oxygen atoms in total. The van der Waals surface area contributed by atoms with Gasteiger partial charge in [0.05, 0.1) is 6.04 Å². The molecular weight excluding hydrogens is 298 g/mol. The van der Waals surface area contributed by atoms with Crippen molar-refractivity contribution in [2.45, 2.75) is 53.1 Å². The Hall–Kier alpha value is -2.23. The molecule has 2 aromatic rings. The van der Waals surface area contributed by atoms with Crippen LogP contribution in [0.15, 0.2) is 30.3 Å². The molecule has 1 aliphatic heterocycles. The number of carbonyl (C=O) groups is 1. The highest BCUT2D eigenvalue weighted by Crippen LogP contribution is 2.32. The molecule has 0 saturated carbocycles. The third-order valence-electron chi connectivity index (χ3n) is 5.10. The number of urea groups is 1. The molecule has 2 heterocycles. The molecule has 1 aromatic carbocycles. The first kappa shape index (κ1) is 16.6. The standard InChI is InChI=1S/C20H27N3O/c1-5-6-18-19-10-8-16(4)22(19)11-12-23(18)20(24)21-17-9-7-14(2)15(3)13-17/h7-10,13,18H,5-6,11-12H2,1-4H3,(H,21,24)/t18-/m0/s1. The average molecular weight is 325 g/mol. The van der Waals surface area contributed by atoms with Crippen LogP contribution in [0, 0.1) is 20.8 Å². The Labute approximate surface area is 144 Å². The van der Waals surface area contributed by atoms with Gasteiger partial charge in [-0.25, -0.2) is 4.79 Å². The van der Waals surface area contributed by atoms with Crippen LogP contribution in [0.1, 0.15) is 48.3 Å². The molecule has 0 unspecified atom stereocenters. The number of hydrogen-bond donors (Lipinski definition) is 1. The molecule has 24 heavy (non-hydrogen) atoms. The number of carbonyl (C=O) groups excluding carboxylic acids is 1. The lowest BCUT2D eigenvalue weighted by Gasteiger charge is -2.37. The average Bonchev–Trinajstić information content (AvgIpc) is 2.93. The van der Waals surface area contributed by atoms with Gasteiger partial charge in [0.2, 0.25) is 0 Å². The predicted octanol–water partition coefficient (Wildman–Crippen LogP) is 4.80. The topological polar surface area (TPSA) is 37.3 Å². The van der Waals surface area contributed by atoms with Crippen molar-refractivity contribution in [1.82, 2.24) is 9.47 Å². The van der Waals surface area contributed by atoms with Gasteiger partial charge in [-0.1, -0.05) is 19.4 Å². The van der Waals surface area contributed by atoms with Crippen molar-refractivity contribution in [2.24, 2.45) is 0 Å². The number of fused-ring (bicyclic) bond motifs is 1. The number of aromatic nitrogens is 1. The molecule has 0 aliphatic carbocycles. The second kappa shape index (κ2) is 6.71. The molecule has 2 amide bonds. The first-order valence-corrected chi connectivity index (χ1v) is 8.82. The van der Waals surface area contributed by atoms with Gasteiger partial charge in [-0.3, -0.25) is 0 Å². The minimum atomic E-state index is 0.00167. The fourth-order valence-electron chi connectivity index (χ4n) is 3.54. The largest absolute Gasteiger partial charge is 0.345 e. The van der Waals surface area contributed by atoms with E-state index in [0.717, 1.165) is 31.6 Å². The van der Waals surface area contributed by atoms with Crippen LogP contribution in [0.2, 0.25) is 0 Å². The normalized spacial score (nSPS) is 16.8. The van der Waals surface area contributed by atoms with Crippen LogP contribution in [0.5, 0.6) is 0 Å². The minimum absolute atomic E-state index is 0.00167. The van der Waals surface area contributed by atoms with Crippen molar-refractivity contribution in [2.75, 3.05) is 11.9 Å². The van der Waals surface area contributed by atoms with Crippen LogP contribution in [-0.4, -0.2) is 22.0 Å². The van der Waals surface area contributed by atoms with Gasteiger partial charge in [-0.2, -0.15) is 0 Å². The summed E-state index contributed by atoms with van der Waals surface area (Å²) in [5.41, 5.74) is 5.84. The molecule has 0 spiro atoms. The molecule has 1 aromatic heterocycles. The summed E-state index contributed by atoms with van der Waals surface area (Å²) in [6.07, 6.45) is 2.05. The number of anilines is 1. The number of benzene rings is 1. The van der Waals surface area contributed by atoms with Crippen LogP contribution in [0.3, 0.4) is 0 Å². The fourth-order valence-corrected chi connectivity index (χ4v) is 3.54. The van der Waals surface area contributed by atoms with E-state index in [1.54, 1.807) is 0 Å². The fraction of sp³-hybridized carbons (Fsp3) is 0.450. The van der Waals surface area contributed by atoms with Gasteiger partial charge in [0.25, 0.3) is 0 Å². The van der Waals surface area contributed by atoms with Crippen molar-refractivity contribution in [3.05, 3.63) is 52.8 Å². The summed E-state index contributed by atoms with van der Waals surface area (Å²) < 4.78 is 2.35. The lowest BCUT2D eigenvalue weighted by atomic mass is 10.0. The summed E-state index contributed by atoms with van der Waals surface area (Å²) in [5, 5.41) is 3.08. The van der Waals surface area contributed by atoms with Crippen molar-refractivity contribution >= 4 is 11.7 Å². The van der Waals surface area contributed by atoms with E-state index in [9.17, 15) is 4.79 Å². The second-order valence-electron chi connectivity index (χ2n) is 6.78. The molecule has 4 heteroatoms. The lowest BCUT2D eigenvalue weighted by Crippen LogP contribution is -2.44. The molecule has 0 fully saturated rings. The van der Waals surface area contributed by atoms with E-state index in [0.29, 0.717) is 0 Å². The van der Waals surface area contributed by atoms with Gasteiger partial charge in [0, 0.05) is 30.2 Å². The molecule has 1 N–H and O–H groups in total. The zero-order chi connectivity index (χ0) is 17.3. The molecule has 0 radical (unpaired) electrons. The maximum atomic E-state index is 12.9. The Morgan fingerprint density at radius 2 is 1.92 bits per heavy atom. The van der Waals surface area contributed by atoms with E-state index < -0.39 is 0 Å². The Morgan fingerprint density at radius 1 is 1.12 bits per heavy atom. The Balaban J connectivity index is 1.81. The summed E-state index contributed by atoms with van der Waals surface area (Å²) >= 11 is 0. The summed E-state index contributed by atoms with van der Waals surface area (Å²) in [6.45, 7) is 10.1. The van der Waals surface area contributed by atoms with Crippen LogP contribution in [-0.2, 0) is 6.54 Å². The van der Waals surface area contributed by atoms with E-state index in [2.05, 4.69) is 55.8 Å². The Bertz CT molecular complexity index is 747. The van der Waals surface area contributed by atoms with Crippen molar-refractivity contribution in [3.8, 4) is 0 Å². The zero-order valence-corrected chi connectivity index (χ0v) is 15.1. The van der Waals surface area contributed by atoms with Gasteiger partial charge in [0.1, 0.15) is 0 Å². The van der Waals surface area contributed by atoms with Crippen molar-refractivity contribution in [1.29, 1.82) is 0 Å². The minimum Gasteiger partial charge on any atom is -0.345 e. The summed E-state index contributed by atoms with van der Waals surface area (Å²) in [7, 11) is 0. The maximum Gasteiger partial charge on any atom is 0.322 e. The maximum absolute atomic E-state index is 12.9. The van der Waals surface area contributed by atoms with Crippen LogP contribution >= 0.6 is 0 Å². The SMILES string of the molecule is CCC[C@H]1c2ccc(C)n2CCN1C(=O)Nc1ccc(C)c(C)c1. The van der Waals surface area contributed by atoms with E-state index in [1.807, 2.05) is 17.0 Å². The monoisotopic (exact) mass is 325 g/mol. The molecule has 128 valence electrons. The van der Waals surface area contributed by atoms with Crippen LogP contribution in [0.25, 0.3) is 0 Å². The van der Waals surface area contributed by atoms with E-state index in [-0.39, 0.29) is 12.1 Å². The summed E-state index contributed by atoms with van der Waals surface area (Å²) in [6, 6.07) is 10.6. The number of nitrogens with zero attached hydrogens (tertiary/aromatic N) is 2. The number of amides is 2. The lowest BCUT2D eigenvalue weighted by molar-refractivity contribution is 0.162. The number of hydrogen-bond acceptors (Lipinski definition) is 1. The molecule has 0 bridgehead atoms. The smallest absolute Gasteiger partial charge is 0.322 e. The molecule has 1 aliphatic rings. The molecule has 3 rings (SSSR count). The number of rotatable bonds is 3. The number of aryl methyl sites for hydroxylation is 3. The van der Waals surface area contributed by atoms with Crippen molar-refractivity contribution in [3.63, 3.8) is 0 Å². The van der Waals surface area contributed by atoms with Gasteiger partial charge in [0.15, 0.2) is 0 Å². The van der Waals surface area contributed by atoms with Crippen molar-refractivity contribution < 1.29 is 4.79 Å². The van der Waals surface area contributed by atoms with Gasteiger partial charge in [-0.15, -0.1) is 0 Å².